The number of carbonyl (C=O) groups is 2. The lowest BCUT2D eigenvalue weighted by Gasteiger charge is -2.08. The Balaban J connectivity index is 1.95. The van der Waals surface area contributed by atoms with Crippen LogP contribution >= 0.6 is 15.9 Å². The summed E-state index contributed by atoms with van der Waals surface area (Å²) < 4.78 is 0.897. The van der Waals surface area contributed by atoms with Crippen LogP contribution in [0.5, 0.6) is 0 Å². The third kappa shape index (κ3) is 5.49. The Bertz CT molecular complexity index is 712. The average molecular weight is 389 g/mol. The molecule has 0 unspecified atom stereocenters. The third-order valence-electron chi connectivity index (χ3n) is 3.50. The minimum Gasteiger partial charge on any atom is -0.352 e. The fourth-order valence-electron chi connectivity index (χ4n) is 2.12. The van der Waals surface area contributed by atoms with Crippen LogP contribution in [0, 0.1) is 5.92 Å². The van der Waals surface area contributed by atoms with Gasteiger partial charge >= 0.3 is 0 Å². The summed E-state index contributed by atoms with van der Waals surface area (Å²) in [5, 5.41) is 5.71. The van der Waals surface area contributed by atoms with E-state index >= 15 is 0 Å². The quantitative estimate of drug-likeness (QED) is 0.766. The molecule has 2 rings (SSSR count). The molecule has 0 bridgehead atoms. The maximum absolute atomic E-state index is 12.2. The first-order chi connectivity index (χ1) is 11.5. The molecule has 0 heterocycles. The number of nitrogens with one attached hydrogen (secondary N) is 2. The molecule has 0 saturated carbocycles. The van der Waals surface area contributed by atoms with Crippen molar-refractivity contribution in [2.24, 2.45) is 5.92 Å². The number of rotatable bonds is 6. The van der Waals surface area contributed by atoms with Gasteiger partial charge in [-0.15, -0.1) is 0 Å². The van der Waals surface area contributed by atoms with Crippen molar-refractivity contribution in [1.29, 1.82) is 0 Å². The second kappa shape index (κ2) is 8.64. The van der Waals surface area contributed by atoms with E-state index in [2.05, 4.69) is 40.4 Å². The van der Waals surface area contributed by atoms with Gasteiger partial charge in [-0.25, -0.2) is 0 Å². The Morgan fingerprint density at radius 2 is 1.62 bits per heavy atom. The first-order valence-electron chi connectivity index (χ1n) is 7.91. The van der Waals surface area contributed by atoms with E-state index < -0.39 is 0 Å². The molecule has 0 spiro atoms. The van der Waals surface area contributed by atoms with E-state index in [1.54, 1.807) is 24.3 Å². The lowest BCUT2D eigenvalue weighted by atomic mass is 10.1. The number of benzene rings is 2. The van der Waals surface area contributed by atoms with Crippen molar-refractivity contribution < 1.29 is 9.59 Å². The molecule has 126 valence electrons. The van der Waals surface area contributed by atoms with Crippen molar-refractivity contribution in [3.8, 4) is 0 Å². The van der Waals surface area contributed by atoms with Crippen LogP contribution < -0.4 is 10.6 Å². The Morgan fingerprint density at radius 1 is 1.00 bits per heavy atom. The number of halogens is 1. The van der Waals surface area contributed by atoms with Crippen molar-refractivity contribution in [2.75, 3.05) is 11.9 Å². The van der Waals surface area contributed by atoms with Crippen LogP contribution in [0.3, 0.4) is 0 Å². The summed E-state index contributed by atoms with van der Waals surface area (Å²) in [6.07, 6.45) is 0.943. The monoisotopic (exact) mass is 388 g/mol. The molecule has 0 aliphatic rings. The van der Waals surface area contributed by atoms with E-state index in [1.165, 1.54) is 0 Å². The molecule has 5 heteroatoms. The standard InChI is InChI=1S/C19H21BrN2O2/c1-13(2)10-11-21-18(23)14-6-8-15(9-7-14)19(24)22-17-5-3-4-16(20)12-17/h3-9,12-13H,10-11H2,1-2H3,(H,21,23)(H,22,24). The minimum absolute atomic E-state index is 0.116. The molecule has 2 N–H and O–H groups in total. The van der Waals surface area contributed by atoms with Gasteiger partial charge in [0.15, 0.2) is 0 Å². The molecule has 0 radical (unpaired) electrons. The highest BCUT2D eigenvalue weighted by Crippen LogP contribution is 2.16. The molecule has 0 fully saturated rings. The van der Waals surface area contributed by atoms with Gasteiger partial charge in [0.2, 0.25) is 0 Å². The zero-order valence-corrected chi connectivity index (χ0v) is 15.4. The van der Waals surface area contributed by atoms with Gasteiger partial charge in [-0.1, -0.05) is 35.8 Å². The van der Waals surface area contributed by atoms with Crippen LogP contribution in [0.15, 0.2) is 53.0 Å². The predicted molar refractivity (Wildman–Crippen MR) is 100 cm³/mol. The van der Waals surface area contributed by atoms with Crippen molar-refractivity contribution in [2.45, 2.75) is 20.3 Å². The molecule has 2 amide bonds. The first kappa shape index (κ1) is 18.2. The molecule has 0 aliphatic carbocycles. The molecule has 0 saturated heterocycles. The van der Waals surface area contributed by atoms with Crippen molar-refractivity contribution in [3.63, 3.8) is 0 Å². The molecule has 4 nitrogen and oxygen atoms in total. The fourth-order valence-corrected chi connectivity index (χ4v) is 2.52. The van der Waals surface area contributed by atoms with E-state index in [-0.39, 0.29) is 11.8 Å². The molecule has 2 aromatic carbocycles. The van der Waals surface area contributed by atoms with E-state index in [4.69, 9.17) is 0 Å². The van der Waals surface area contributed by atoms with Gasteiger partial charge in [0.25, 0.3) is 11.8 Å². The maximum Gasteiger partial charge on any atom is 0.255 e. The number of amides is 2. The normalized spacial score (nSPS) is 10.5. The highest BCUT2D eigenvalue weighted by atomic mass is 79.9. The summed E-state index contributed by atoms with van der Waals surface area (Å²) in [6.45, 7) is 4.89. The van der Waals surface area contributed by atoms with Gasteiger partial charge in [-0.05, 0) is 54.8 Å². The summed E-state index contributed by atoms with van der Waals surface area (Å²) in [5.74, 6) is 0.226. The van der Waals surface area contributed by atoms with Gasteiger partial charge < -0.3 is 10.6 Å². The number of carbonyl (C=O) groups excluding carboxylic acids is 2. The predicted octanol–water partition coefficient (Wildman–Crippen LogP) is 4.48. The number of anilines is 1. The van der Waals surface area contributed by atoms with Crippen LogP contribution in [0.25, 0.3) is 0 Å². The highest BCUT2D eigenvalue weighted by Gasteiger charge is 2.09. The zero-order chi connectivity index (χ0) is 17.5. The van der Waals surface area contributed by atoms with Gasteiger partial charge in [0.1, 0.15) is 0 Å². The summed E-state index contributed by atoms with van der Waals surface area (Å²) in [7, 11) is 0. The highest BCUT2D eigenvalue weighted by molar-refractivity contribution is 9.10. The Morgan fingerprint density at radius 3 is 2.21 bits per heavy atom. The Kier molecular flexibility index (Phi) is 6.55. The summed E-state index contributed by atoms with van der Waals surface area (Å²) in [6, 6.07) is 14.0. The molecule has 0 aromatic heterocycles. The fraction of sp³-hybridized carbons (Fsp3) is 0.263. The van der Waals surface area contributed by atoms with Crippen LogP contribution in [0.2, 0.25) is 0 Å². The van der Waals surface area contributed by atoms with Gasteiger partial charge in [-0.2, -0.15) is 0 Å². The van der Waals surface area contributed by atoms with Crippen LogP contribution in [0.1, 0.15) is 41.0 Å². The molecular formula is C19H21BrN2O2. The van der Waals surface area contributed by atoms with Crippen molar-refractivity contribution in [3.05, 3.63) is 64.1 Å². The number of hydrogen-bond donors (Lipinski definition) is 2. The molecular weight excluding hydrogens is 368 g/mol. The van der Waals surface area contributed by atoms with Crippen molar-refractivity contribution >= 4 is 33.4 Å². The average Bonchev–Trinajstić information content (AvgIpc) is 2.54. The van der Waals surface area contributed by atoms with Gasteiger partial charge in [-0.3, -0.25) is 9.59 Å². The van der Waals surface area contributed by atoms with Gasteiger partial charge in [0.05, 0.1) is 0 Å². The third-order valence-corrected chi connectivity index (χ3v) is 3.99. The Hall–Kier alpha value is -2.14. The topological polar surface area (TPSA) is 58.2 Å². The van der Waals surface area contributed by atoms with Crippen molar-refractivity contribution in [1.82, 2.24) is 5.32 Å². The summed E-state index contributed by atoms with van der Waals surface area (Å²) in [4.78, 5) is 24.2. The molecule has 0 aliphatic heterocycles. The SMILES string of the molecule is CC(C)CCNC(=O)c1ccc(C(=O)Nc2cccc(Br)c2)cc1. The van der Waals surface area contributed by atoms with Crippen LogP contribution in [-0.4, -0.2) is 18.4 Å². The second-order valence-electron chi connectivity index (χ2n) is 5.98. The van der Waals surface area contributed by atoms with E-state index in [0.717, 1.165) is 10.9 Å². The molecule has 2 aromatic rings. The van der Waals surface area contributed by atoms with Crippen LogP contribution in [0.4, 0.5) is 5.69 Å². The van der Waals surface area contributed by atoms with E-state index in [1.807, 2.05) is 24.3 Å². The maximum atomic E-state index is 12.2. The smallest absolute Gasteiger partial charge is 0.255 e. The number of hydrogen-bond acceptors (Lipinski definition) is 2. The van der Waals surface area contributed by atoms with Gasteiger partial charge in [0, 0.05) is 27.8 Å². The van der Waals surface area contributed by atoms with E-state index in [9.17, 15) is 9.59 Å². The first-order valence-corrected chi connectivity index (χ1v) is 8.70. The minimum atomic E-state index is -0.208. The molecule has 24 heavy (non-hydrogen) atoms. The largest absolute Gasteiger partial charge is 0.352 e. The zero-order valence-electron chi connectivity index (χ0n) is 13.8. The summed E-state index contributed by atoms with van der Waals surface area (Å²) >= 11 is 3.37. The van der Waals surface area contributed by atoms with Crippen LogP contribution in [-0.2, 0) is 0 Å². The molecule has 0 atom stereocenters. The second-order valence-corrected chi connectivity index (χ2v) is 6.90. The lowest BCUT2D eigenvalue weighted by molar-refractivity contribution is 0.0950. The Labute approximate surface area is 150 Å². The summed E-state index contributed by atoms with van der Waals surface area (Å²) in [5.41, 5.74) is 1.77. The lowest BCUT2D eigenvalue weighted by Crippen LogP contribution is -2.25. The van der Waals surface area contributed by atoms with E-state index in [0.29, 0.717) is 29.3 Å².